The topological polar surface area (TPSA) is 55.4 Å². The van der Waals surface area contributed by atoms with Crippen molar-refractivity contribution >= 4 is 0 Å². The van der Waals surface area contributed by atoms with E-state index in [9.17, 15) is 0 Å². The van der Waals surface area contributed by atoms with Gasteiger partial charge in [-0.05, 0) is 59.2 Å². The van der Waals surface area contributed by atoms with Crippen molar-refractivity contribution in [2.45, 2.75) is 12.3 Å². The van der Waals surface area contributed by atoms with Crippen LogP contribution in [0.4, 0.5) is 0 Å². The van der Waals surface area contributed by atoms with Gasteiger partial charge in [0.15, 0.2) is 23.0 Å². The zero-order valence-electron chi connectivity index (χ0n) is 16.3. The average molecular weight is 384 g/mol. The molecule has 5 rings (SSSR count). The van der Waals surface area contributed by atoms with Gasteiger partial charge in [0, 0.05) is 5.92 Å². The van der Waals surface area contributed by atoms with Gasteiger partial charge in [-0.25, -0.2) is 0 Å². The van der Waals surface area contributed by atoms with Crippen molar-refractivity contribution in [3.05, 3.63) is 41.0 Å². The predicted octanol–water partition coefficient (Wildman–Crippen LogP) is 3.39. The van der Waals surface area contributed by atoms with Crippen molar-refractivity contribution in [3.8, 4) is 28.7 Å². The lowest BCUT2D eigenvalue weighted by molar-refractivity contribution is 0.173. The average Bonchev–Trinajstić information content (AvgIpc) is 3.37. The van der Waals surface area contributed by atoms with Crippen LogP contribution in [0.25, 0.3) is 0 Å². The van der Waals surface area contributed by atoms with Crippen molar-refractivity contribution < 1.29 is 28.4 Å². The summed E-state index contributed by atoms with van der Waals surface area (Å²) in [5.41, 5.74) is 3.70. The summed E-state index contributed by atoms with van der Waals surface area (Å²) in [5, 5.41) is 0. The molecule has 0 bridgehead atoms. The van der Waals surface area contributed by atoms with E-state index in [1.165, 1.54) is 11.1 Å². The van der Waals surface area contributed by atoms with Crippen LogP contribution in [0.1, 0.15) is 22.6 Å². The van der Waals surface area contributed by atoms with Crippen LogP contribution in [0.2, 0.25) is 0 Å². The Balaban J connectivity index is 1.68. The van der Waals surface area contributed by atoms with E-state index in [2.05, 4.69) is 24.3 Å². The summed E-state index contributed by atoms with van der Waals surface area (Å²) in [6.07, 6.45) is 0.998. The summed E-state index contributed by atoms with van der Waals surface area (Å²) < 4.78 is 33.9. The Morgan fingerprint density at radius 1 is 0.857 bits per heavy atom. The van der Waals surface area contributed by atoms with Gasteiger partial charge in [-0.2, -0.15) is 0 Å². The summed E-state index contributed by atoms with van der Waals surface area (Å²) in [4.78, 5) is 0. The molecule has 2 heterocycles. The molecule has 2 aromatic carbocycles. The summed E-state index contributed by atoms with van der Waals surface area (Å²) >= 11 is 0. The molecule has 6 heteroatoms. The maximum absolute atomic E-state index is 5.88. The lowest BCUT2D eigenvalue weighted by atomic mass is 9.68. The molecule has 2 aromatic rings. The van der Waals surface area contributed by atoms with Crippen molar-refractivity contribution in [1.29, 1.82) is 0 Å². The number of hydrogen-bond acceptors (Lipinski definition) is 6. The Bertz CT molecular complexity index is 883. The zero-order valence-corrected chi connectivity index (χ0v) is 16.3. The first-order valence-electron chi connectivity index (χ1n) is 9.53. The molecule has 0 radical (unpaired) electrons. The van der Waals surface area contributed by atoms with E-state index in [0.717, 1.165) is 36.7 Å². The minimum Gasteiger partial charge on any atom is -0.493 e. The van der Waals surface area contributed by atoms with Crippen LogP contribution in [0.3, 0.4) is 0 Å². The summed E-state index contributed by atoms with van der Waals surface area (Å²) in [6, 6.07) is 8.39. The fourth-order valence-corrected chi connectivity index (χ4v) is 4.88. The molecule has 1 aliphatic carbocycles. The van der Waals surface area contributed by atoms with E-state index in [0.29, 0.717) is 29.1 Å². The van der Waals surface area contributed by atoms with Crippen molar-refractivity contribution in [3.63, 3.8) is 0 Å². The zero-order chi connectivity index (χ0) is 19.3. The summed E-state index contributed by atoms with van der Waals surface area (Å²) in [5.74, 6) is 4.63. The third-order valence-corrected chi connectivity index (χ3v) is 6.17. The lowest BCUT2D eigenvalue weighted by Gasteiger charge is -2.35. The fraction of sp³-hybridized carbons (Fsp3) is 0.455. The molecule has 0 N–H and O–H groups in total. The minimum absolute atomic E-state index is 0.166. The largest absolute Gasteiger partial charge is 0.493 e. The molecular weight excluding hydrogens is 360 g/mol. The van der Waals surface area contributed by atoms with Gasteiger partial charge in [0.25, 0.3) is 0 Å². The molecule has 28 heavy (non-hydrogen) atoms. The Morgan fingerprint density at radius 2 is 1.57 bits per heavy atom. The van der Waals surface area contributed by atoms with Crippen molar-refractivity contribution in [1.82, 2.24) is 0 Å². The number of fused-ring (bicyclic) bond motifs is 3. The first-order chi connectivity index (χ1) is 13.7. The fourth-order valence-electron chi connectivity index (χ4n) is 4.88. The van der Waals surface area contributed by atoms with Crippen molar-refractivity contribution in [2.24, 2.45) is 11.8 Å². The molecule has 3 atom stereocenters. The molecule has 0 saturated carbocycles. The molecule has 148 valence electrons. The van der Waals surface area contributed by atoms with Crippen molar-refractivity contribution in [2.75, 3.05) is 41.3 Å². The van der Waals surface area contributed by atoms with Crippen LogP contribution >= 0.6 is 0 Å². The van der Waals surface area contributed by atoms with Gasteiger partial charge < -0.3 is 28.4 Å². The van der Waals surface area contributed by atoms with E-state index in [1.807, 2.05) is 0 Å². The van der Waals surface area contributed by atoms with Gasteiger partial charge >= 0.3 is 0 Å². The maximum atomic E-state index is 5.88. The van der Waals surface area contributed by atoms with E-state index in [1.54, 1.807) is 21.3 Å². The monoisotopic (exact) mass is 384 g/mol. The second-order valence-corrected chi connectivity index (χ2v) is 7.51. The minimum atomic E-state index is 0.166. The van der Waals surface area contributed by atoms with Gasteiger partial charge in [-0.1, -0.05) is 0 Å². The maximum Gasteiger partial charge on any atom is 0.231 e. The van der Waals surface area contributed by atoms with Crippen LogP contribution in [-0.4, -0.2) is 41.3 Å². The third kappa shape index (κ3) is 2.58. The number of rotatable bonds is 4. The van der Waals surface area contributed by atoms with Crippen LogP contribution in [-0.2, 0) is 11.2 Å². The van der Waals surface area contributed by atoms with Crippen LogP contribution in [0, 0.1) is 11.8 Å². The van der Waals surface area contributed by atoms with E-state index in [-0.39, 0.29) is 12.7 Å². The summed E-state index contributed by atoms with van der Waals surface area (Å²) in [6.45, 7) is 1.82. The smallest absolute Gasteiger partial charge is 0.231 e. The number of hydrogen-bond donors (Lipinski definition) is 0. The van der Waals surface area contributed by atoms with Gasteiger partial charge in [0.2, 0.25) is 12.5 Å². The Hall–Kier alpha value is -2.60. The molecule has 2 aliphatic heterocycles. The lowest BCUT2D eigenvalue weighted by Crippen LogP contribution is -2.29. The first kappa shape index (κ1) is 17.5. The van der Waals surface area contributed by atoms with Gasteiger partial charge in [0.1, 0.15) is 0 Å². The molecule has 1 fully saturated rings. The molecule has 0 spiro atoms. The third-order valence-electron chi connectivity index (χ3n) is 6.17. The molecule has 1 saturated heterocycles. The number of benzene rings is 2. The van der Waals surface area contributed by atoms with E-state index >= 15 is 0 Å². The van der Waals surface area contributed by atoms with Gasteiger partial charge in [0.05, 0.1) is 34.5 Å². The quantitative estimate of drug-likeness (QED) is 0.805. The first-order valence-corrected chi connectivity index (χ1v) is 9.53. The molecule has 3 aliphatic rings. The Labute approximate surface area is 164 Å². The van der Waals surface area contributed by atoms with Crippen LogP contribution in [0.5, 0.6) is 28.7 Å². The second-order valence-electron chi connectivity index (χ2n) is 7.51. The highest BCUT2D eigenvalue weighted by atomic mass is 16.7. The second kappa shape index (κ2) is 6.78. The SMILES string of the molecule is COc1cc([C@@H]2c3cc4c(cc3C[C@H]3COC[C@@H]32)OCO4)cc(OC)c1OC. The highest BCUT2D eigenvalue weighted by Gasteiger charge is 2.42. The molecule has 0 aromatic heterocycles. The predicted molar refractivity (Wildman–Crippen MR) is 102 cm³/mol. The van der Waals surface area contributed by atoms with E-state index < -0.39 is 0 Å². The Morgan fingerprint density at radius 3 is 2.25 bits per heavy atom. The van der Waals surface area contributed by atoms with Crippen LogP contribution in [0.15, 0.2) is 24.3 Å². The van der Waals surface area contributed by atoms with Gasteiger partial charge in [-0.15, -0.1) is 0 Å². The highest BCUT2D eigenvalue weighted by molar-refractivity contribution is 5.58. The summed E-state index contributed by atoms with van der Waals surface area (Å²) in [7, 11) is 4.92. The standard InChI is InChI=1S/C22H24O6/c1-23-19-6-13(7-20(24-2)22(19)25-3)21-15-8-18-17(27-11-28-18)5-12(15)4-14-9-26-10-16(14)21/h5-8,14,16,21H,4,9-11H2,1-3H3/t14-,16-,21+/m0/s1. The normalized spacial score (nSPS) is 24.5. The number of methoxy groups -OCH3 is 3. The molecule has 6 nitrogen and oxygen atoms in total. The molecule has 0 amide bonds. The Kier molecular flexibility index (Phi) is 4.23. The van der Waals surface area contributed by atoms with Crippen LogP contribution < -0.4 is 23.7 Å². The van der Waals surface area contributed by atoms with E-state index in [4.69, 9.17) is 28.4 Å². The molecular formula is C22H24O6. The van der Waals surface area contributed by atoms with Gasteiger partial charge in [-0.3, -0.25) is 0 Å². The highest BCUT2D eigenvalue weighted by Crippen LogP contribution is 2.52. The molecule has 0 unspecified atom stereocenters. The number of ether oxygens (including phenoxy) is 6.